The first-order valence-corrected chi connectivity index (χ1v) is 6.94. The molecular formula is C15H10BrNO3. The van der Waals surface area contributed by atoms with Crippen molar-refractivity contribution in [2.75, 3.05) is 0 Å². The van der Waals surface area contributed by atoms with Crippen molar-refractivity contribution in [1.29, 1.82) is 0 Å². The molecule has 3 aromatic rings. The van der Waals surface area contributed by atoms with Gasteiger partial charge in [-0.05, 0) is 22.4 Å². The summed E-state index contributed by atoms with van der Waals surface area (Å²) in [5.74, 6) is 0.276. The lowest BCUT2D eigenvalue weighted by atomic mass is 10.0. The van der Waals surface area contributed by atoms with E-state index in [4.69, 9.17) is 4.42 Å². The molecule has 0 amide bonds. The van der Waals surface area contributed by atoms with Crippen LogP contribution in [-0.4, -0.2) is 4.92 Å². The Bertz CT molecular complexity index is 776. The molecule has 0 aliphatic heterocycles. The van der Waals surface area contributed by atoms with E-state index in [1.807, 2.05) is 42.5 Å². The Morgan fingerprint density at radius 2 is 1.80 bits per heavy atom. The van der Waals surface area contributed by atoms with Crippen LogP contribution in [-0.2, 0) is 0 Å². The zero-order valence-electron chi connectivity index (χ0n) is 10.3. The van der Waals surface area contributed by atoms with Crippen LogP contribution >= 0.6 is 15.9 Å². The van der Waals surface area contributed by atoms with Crippen LogP contribution in [0.3, 0.4) is 0 Å². The van der Waals surface area contributed by atoms with Gasteiger partial charge < -0.3 is 4.42 Å². The van der Waals surface area contributed by atoms with Crippen LogP contribution in [0.4, 0.5) is 5.88 Å². The maximum Gasteiger partial charge on any atom is 0.433 e. The number of hydrogen-bond acceptors (Lipinski definition) is 3. The van der Waals surface area contributed by atoms with Crippen molar-refractivity contribution in [3.8, 4) is 0 Å². The van der Waals surface area contributed by atoms with Crippen LogP contribution in [0.15, 0.2) is 59.0 Å². The van der Waals surface area contributed by atoms with Gasteiger partial charge in [0, 0.05) is 0 Å². The number of alkyl halides is 1. The van der Waals surface area contributed by atoms with E-state index in [1.54, 1.807) is 6.07 Å². The molecule has 0 spiro atoms. The summed E-state index contributed by atoms with van der Waals surface area (Å²) in [4.78, 5) is 9.93. The molecule has 0 aliphatic carbocycles. The highest BCUT2D eigenvalue weighted by Crippen LogP contribution is 2.37. The SMILES string of the molecule is O=[N+]([O-])c1ccc(C(Br)c2cccc3ccccc23)o1. The lowest BCUT2D eigenvalue weighted by Gasteiger charge is -2.10. The summed E-state index contributed by atoms with van der Waals surface area (Å²) in [7, 11) is 0. The summed E-state index contributed by atoms with van der Waals surface area (Å²) < 4.78 is 5.26. The minimum absolute atomic E-state index is 0.220. The molecule has 5 heteroatoms. The van der Waals surface area contributed by atoms with Crippen molar-refractivity contribution >= 4 is 32.6 Å². The highest BCUT2D eigenvalue weighted by atomic mass is 79.9. The van der Waals surface area contributed by atoms with Gasteiger partial charge in [-0.15, -0.1) is 0 Å². The molecule has 1 heterocycles. The fourth-order valence-electron chi connectivity index (χ4n) is 2.20. The van der Waals surface area contributed by atoms with E-state index in [2.05, 4.69) is 15.9 Å². The van der Waals surface area contributed by atoms with E-state index < -0.39 is 4.92 Å². The second kappa shape index (κ2) is 5.09. The van der Waals surface area contributed by atoms with E-state index in [9.17, 15) is 10.1 Å². The van der Waals surface area contributed by atoms with E-state index in [0.29, 0.717) is 5.76 Å². The summed E-state index contributed by atoms with van der Waals surface area (Å²) >= 11 is 3.56. The summed E-state index contributed by atoms with van der Waals surface area (Å²) in [5, 5.41) is 12.9. The molecule has 0 radical (unpaired) electrons. The summed E-state index contributed by atoms with van der Waals surface area (Å²) in [6, 6.07) is 17.0. The fraction of sp³-hybridized carbons (Fsp3) is 0.0667. The van der Waals surface area contributed by atoms with E-state index in [-0.39, 0.29) is 10.7 Å². The number of nitrogens with zero attached hydrogens (tertiary/aromatic N) is 1. The molecule has 0 bridgehead atoms. The predicted octanol–water partition coefficient (Wildman–Crippen LogP) is 4.83. The Balaban J connectivity index is 2.07. The highest BCUT2D eigenvalue weighted by molar-refractivity contribution is 9.09. The summed E-state index contributed by atoms with van der Waals surface area (Å²) in [5.41, 5.74) is 1.02. The topological polar surface area (TPSA) is 56.3 Å². The van der Waals surface area contributed by atoms with Gasteiger partial charge in [0.2, 0.25) is 0 Å². The van der Waals surface area contributed by atoms with Crippen LogP contribution in [0.1, 0.15) is 16.2 Å². The number of fused-ring (bicyclic) bond motifs is 1. The second-order valence-electron chi connectivity index (χ2n) is 4.36. The monoisotopic (exact) mass is 331 g/mol. The lowest BCUT2D eigenvalue weighted by Crippen LogP contribution is -1.92. The van der Waals surface area contributed by atoms with Crippen molar-refractivity contribution < 1.29 is 9.34 Å². The van der Waals surface area contributed by atoms with Gasteiger partial charge in [0.15, 0.2) is 0 Å². The van der Waals surface area contributed by atoms with Crippen molar-refractivity contribution in [3.05, 3.63) is 76.0 Å². The Morgan fingerprint density at radius 3 is 2.55 bits per heavy atom. The zero-order chi connectivity index (χ0) is 14.1. The van der Waals surface area contributed by atoms with Crippen LogP contribution in [0.5, 0.6) is 0 Å². The Kier molecular flexibility index (Phi) is 3.28. The first-order chi connectivity index (χ1) is 9.66. The van der Waals surface area contributed by atoms with Gasteiger partial charge in [-0.3, -0.25) is 10.1 Å². The van der Waals surface area contributed by atoms with Gasteiger partial charge in [0.05, 0.1) is 10.9 Å². The molecule has 4 nitrogen and oxygen atoms in total. The molecule has 1 unspecified atom stereocenters. The molecule has 0 saturated heterocycles. The lowest BCUT2D eigenvalue weighted by molar-refractivity contribution is -0.402. The van der Waals surface area contributed by atoms with E-state index in [0.717, 1.165) is 16.3 Å². The normalized spacial score (nSPS) is 12.4. The molecule has 2 aromatic carbocycles. The molecule has 0 aliphatic rings. The van der Waals surface area contributed by atoms with Crippen LogP contribution in [0.25, 0.3) is 10.8 Å². The number of furan rings is 1. The third-order valence-electron chi connectivity index (χ3n) is 3.14. The maximum absolute atomic E-state index is 10.7. The van der Waals surface area contributed by atoms with Crippen LogP contribution in [0, 0.1) is 10.1 Å². The molecule has 20 heavy (non-hydrogen) atoms. The Labute approximate surface area is 123 Å². The molecule has 1 aromatic heterocycles. The van der Waals surface area contributed by atoms with Crippen molar-refractivity contribution in [2.45, 2.75) is 4.83 Å². The quantitative estimate of drug-likeness (QED) is 0.392. The molecule has 100 valence electrons. The average molecular weight is 332 g/mol. The molecule has 0 fully saturated rings. The van der Waals surface area contributed by atoms with E-state index in [1.165, 1.54) is 6.07 Å². The van der Waals surface area contributed by atoms with Gasteiger partial charge in [0.25, 0.3) is 0 Å². The first kappa shape index (κ1) is 12.9. The van der Waals surface area contributed by atoms with Crippen LogP contribution in [0.2, 0.25) is 0 Å². The number of nitro groups is 1. The van der Waals surface area contributed by atoms with Crippen molar-refractivity contribution in [3.63, 3.8) is 0 Å². The minimum Gasteiger partial charge on any atom is -0.404 e. The second-order valence-corrected chi connectivity index (χ2v) is 5.28. The van der Waals surface area contributed by atoms with Gasteiger partial charge in [-0.2, -0.15) is 0 Å². The third kappa shape index (κ3) is 2.20. The zero-order valence-corrected chi connectivity index (χ0v) is 11.9. The third-order valence-corrected chi connectivity index (χ3v) is 4.08. The van der Waals surface area contributed by atoms with Gasteiger partial charge in [0.1, 0.15) is 10.7 Å². The standard InChI is InChI=1S/C15H10BrNO3/c16-15(13-8-9-14(20-13)17(18)19)12-7-3-5-10-4-1-2-6-11(10)12/h1-9,15H. The van der Waals surface area contributed by atoms with E-state index >= 15 is 0 Å². The Morgan fingerprint density at radius 1 is 1.05 bits per heavy atom. The van der Waals surface area contributed by atoms with Crippen LogP contribution < -0.4 is 0 Å². The smallest absolute Gasteiger partial charge is 0.404 e. The number of halogens is 1. The molecular weight excluding hydrogens is 322 g/mol. The summed E-state index contributed by atoms with van der Waals surface area (Å²) in [6.07, 6.45) is 0. The van der Waals surface area contributed by atoms with Gasteiger partial charge in [-0.25, -0.2) is 0 Å². The highest BCUT2D eigenvalue weighted by Gasteiger charge is 2.20. The fourth-order valence-corrected chi connectivity index (χ4v) is 2.85. The average Bonchev–Trinajstić information content (AvgIpc) is 2.96. The first-order valence-electron chi connectivity index (χ1n) is 6.02. The summed E-state index contributed by atoms with van der Waals surface area (Å²) in [6.45, 7) is 0. The minimum atomic E-state index is -0.535. The molecule has 1 atom stereocenters. The molecule has 0 saturated carbocycles. The van der Waals surface area contributed by atoms with Crippen molar-refractivity contribution in [2.24, 2.45) is 0 Å². The molecule has 3 rings (SSSR count). The predicted molar refractivity (Wildman–Crippen MR) is 80.1 cm³/mol. The maximum atomic E-state index is 10.7. The van der Waals surface area contributed by atoms with Crippen molar-refractivity contribution in [1.82, 2.24) is 0 Å². The number of rotatable bonds is 3. The molecule has 0 N–H and O–H groups in total. The Hall–Kier alpha value is -2.14. The number of benzene rings is 2. The number of hydrogen-bond donors (Lipinski definition) is 0. The largest absolute Gasteiger partial charge is 0.433 e. The van der Waals surface area contributed by atoms with Gasteiger partial charge in [-0.1, -0.05) is 58.4 Å². The van der Waals surface area contributed by atoms with Gasteiger partial charge >= 0.3 is 5.88 Å².